The van der Waals surface area contributed by atoms with Gasteiger partial charge in [0.2, 0.25) is 5.78 Å². The van der Waals surface area contributed by atoms with Crippen LogP contribution >= 0.6 is 0 Å². The first-order valence-electron chi connectivity index (χ1n) is 5.14. The fourth-order valence-electron chi connectivity index (χ4n) is 1.92. The van der Waals surface area contributed by atoms with Gasteiger partial charge in [-0.25, -0.2) is 9.37 Å². The number of nitrogens with two attached hydrogens (primary N) is 1. The summed E-state index contributed by atoms with van der Waals surface area (Å²) in [4.78, 5) is 7.33. The second-order valence-electron chi connectivity index (χ2n) is 3.73. The number of benzene rings is 1. The van der Waals surface area contributed by atoms with Crippen molar-refractivity contribution < 1.29 is 4.39 Å². The number of imidazole rings is 2. The number of nitrogens with one attached hydrogen (secondary N) is 1. The number of aromatic amines is 1. The van der Waals surface area contributed by atoms with Crippen LogP contribution in [0.25, 0.3) is 16.8 Å². The van der Waals surface area contributed by atoms with Crippen molar-refractivity contribution in [2.75, 3.05) is 6.54 Å². The van der Waals surface area contributed by atoms with E-state index in [2.05, 4.69) is 9.97 Å². The lowest BCUT2D eigenvalue weighted by molar-refractivity contribution is 0.637. The van der Waals surface area contributed by atoms with E-state index in [0.717, 1.165) is 17.6 Å². The number of rotatable bonds is 2. The highest BCUT2D eigenvalue weighted by atomic mass is 19.1. The maximum Gasteiger partial charge on any atom is 0.212 e. The molecule has 3 rings (SSSR count). The molecule has 0 unspecified atom stereocenters. The van der Waals surface area contributed by atoms with E-state index < -0.39 is 0 Å². The number of hydrogen-bond acceptors (Lipinski definition) is 2. The van der Waals surface area contributed by atoms with Crippen molar-refractivity contribution in [3.05, 3.63) is 35.9 Å². The van der Waals surface area contributed by atoms with Crippen LogP contribution in [0.15, 0.2) is 24.4 Å². The first-order valence-corrected chi connectivity index (χ1v) is 5.14. The SMILES string of the molecule is NCCc1cn2c(nc3c(F)cccc32)[nH]1. The minimum atomic E-state index is -0.296. The van der Waals surface area contributed by atoms with Crippen molar-refractivity contribution in [1.82, 2.24) is 14.4 Å². The second-order valence-corrected chi connectivity index (χ2v) is 3.73. The molecule has 82 valence electrons. The zero-order valence-electron chi connectivity index (χ0n) is 8.57. The molecule has 0 spiro atoms. The Morgan fingerprint density at radius 2 is 2.31 bits per heavy atom. The standard InChI is InChI=1S/C11H11FN4/c12-8-2-1-3-9-10(8)15-11-14-7(4-5-13)6-16(9)11/h1-3,6H,4-5,13H2,(H,14,15). The van der Waals surface area contributed by atoms with Gasteiger partial charge in [0.25, 0.3) is 0 Å². The zero-order chi connectivity index (χ0) is 11.1. The quantitative estimate of drug-likeness (QED) is 0.684. The summed E-state index contributed by atoms with van der Waals surface area (Å²) in [6.45, 7) is 0.579. The summed E-state index contributed by atoms with van der Waals surface area (Å²) < 4.78 is 15.3. The topological polar surface area (TPSA) is 59.1 Å². The summed E-state index contributed by atoms with van der Waals surface area (Å²) in [5, 5.41) is 0. The molecule has 0 fully saturated rings. The van der Waals surface area contributed by atoms with E-state index in [1.54, 1.807) is 6.07 Å². The van der Waals surface area contributed by atoms with Crippen molar-refractivity contribution in [3.63, 3.8) is 0 Å². The lowest BCUT2D eigenvalue weighted by Crippen LogP contribution is -2.02. The van der Waals surface area contributed by atoms with Gasteiger partial charge >= 0.3 is 0 Å². The molecule has 3 N–H and O–H groups in total. The molecule has 0 aliphatic rings. The predicted molar refractivity (Wildman–Crippen MR) is 59.8 cm³/mol. The molecular weight excluding hydrogens is 207 g/mol. The van der Waals surface area contributed by atoms with Gasteiger partial charge in [-0.05, 0) is 18.7 Å². The molecule has 5 heteroatoms. The van der Waals surface area contributed by atoms with E-state index >= 15 is 0 Å². The van der Waals surface area contributed by atoms with Crippen LogP contribution in [0, 0.1) is 5.82 Å². The minimum absolute atomic E-state index is 0.296. The molecule has 0 aliphatic carbocycles. The molecule has 0 radical (unpaired) electrons. The Morgan fingerprint density at radius 1 is 1.44 bits per heavy atom. The molecule has 0 aliphatic heterocycles. The van der Waals surface area contributed by atoms with Crippen LogP contribution in [0.1, 0.15) is 5.69 Å². The third-order valence-corrected chi connectivity index (χ3v) is 2.64. The molecule has 0 atom stereocenters. The molecule has 0 saturated carbocycles. The Morgan fingerprint density at radius 3 is 3.12 bits per heavy atom. The van der Waals surface area contributed by atoms with Crippen LogP contribution in [0.4, 0.5) is 4.39 Å². The van der Waals surface area contributed by atoms with Gasteiger partial charge < -0.3 is 10.7 Å². The van der Waals surface area contributed by atoms with Gasteiger partial charge in [0.15, 0.2) is 5.82 Å². The number of H-pyrrole nitrogens is 1. The van der Waals surface area contributed by atoms with Crippen LogP contribution < -0.4 is 5.73 Å². The Hall–Kier alpha value is -1.88. The highest BCUT2D eigenvalue weighted by molar-refractivity contribution is 5.80. The Labute approximate surface area is 90.9 Å². The van der Waals surface area contributed by atoms with Gasteiger partial charge in [0.1, 0.15) is 5.52 Å². The molecule has 4 nitrogen and oxygen atoms in total. The number of nitrogens with zero attached hydrogens (tertiary/aromatic N) is 2. The van der Waals surface area contributed by atoms with E-state index in [1.807, 2.05) is 16.7 Å². The van der Waals surface area contributed by atoms with E-state index in [4.69, 9.17) is 5.73 Å². The van der Waals surface area contributed by atoms with Gasteiger partial charge in [-0.15, -0.1) is 0 Å². The number of hydrogen-bond donors (Lipinski definition) is 2. The highest BCUT2D eigenvalue weighted by Gasteiger charge is 2.10. The largest absolute Gasteiger partial charge is 0.330 e. The van der Waals surface area contributed by atoms with Crippen molar-refractivity contribution in [1.29, 1.82) is 0 Å². The van der Waals surface area contributed by atoms with Crippen LogP contribution in [0.3, 0.4) is 0 Å². The third-order valence-electron chi connectivity index (χ3n) is 2.64. The minimum Gasteiger partial charge on any atom is -0.330 e. The molecule has 2 heterocycles. The summed E-state index contributed by atoms with van der Waals surface area (Å²) in [5.74, 6) is 0.360. The monoisotopic (exact) mass is 218 g/mol. The van der Waals surface area contributed by atoms with Crippen molar-refractivity contribution in [2.45, 2.75) is 6.42 Å². The summed E-state index contributed by atoms with van der Waals surface area (Å²) in [7, 11) is 0. The lowest BCUT2D eigenvalue weighted by atomic mass is 10.3. The van der Waals surface area contributed by atoms with Crippen LogP contribution in [-0.2, 0) is 6.42 Å². The van der Waals surface area contributed by atoms with E-state index in [1.165, 1.54) is 6.07 Å². The summed E-state index contributed by atoms with van der Waals surface area (Å²) in [6.07, 6.45) is 2.68. The Bertz CT molecular complexity index is 652. The lowest BCUT2D eigenvalue weighted by Gasteiger charge is -1.92. The predicted octanol–water partition coefficient (Wildman–Crippen LogP) is 1.46. The van der Waals surface area contributed by atoms with Gasteiger partial charge in [0, 0.05) is 18.3 Å². The fourth-order valence-corrected chi connectivity index (χ4v) is 1.92. The number of para-hydroxylation sites is 1. The molecule has 1 aromatic carbocycles. The average molecular weight is 218 g/mol. The third kappa shape index (κ3) is 1.22. The maximum atomic E-state index is 13.4. The first-order chi connectivity index (χ1) is 7.79. The summed E-state index contributed by atoms with van der Waals surface area (Å²) >= 11 is 0. The molecular formula is C11H11FN4. The molecule has 0 saturated heterocycles. The van der Waals surface area contributed by atoms with E-state index in [-0.39, 0.29) is 5.82 Å². The molecule has 0 bridgehead atoms. The van der Waals surface area contributed by atoms with Gasteiger partial charge in [-0.2, -0.15) is 0 Å². The van der Waals surface area contributed by atoms with Crippen LogP contribution in [-0.4, -0.2) is 20.9 Å². The number of halogens is 1. The van der Waals surface area contributed by atoms with Crippen molar-refractivity contribution in [3.8, 4) is 0 Å². The smallest absolute Gasteiger partial charge is 0.212 e. The maximum absolute atomic E-state index is 13.4. The molecule has 0 amide bonds. The normalized spacial score (nSPS) is 11.6. The highest BCUT2D eigenvalue weighted by Crippen LogP contribution is 2.19. The fraction of sp³-hybridized carbons (Fsp3) is 0.182. The number of fused-ring (bicyclic) bond motifs is 3. The average Bonchev–Trinajstić information content (AvgIpc) is 2.77. The molecule has 3 aromatic rings. The Balaban J connectivity index is 2.30. The van der Waals surface area contributed by atoms with Crippen LogP contribution in [0.5, 0.6) is 0 Å². The van der Waals surface area contributed by atoms with Gasteiger partial charge in [-0.3, -0.25) is 4.40 Å². The van der Waals surface area contributed by atoms with Gasteiger partial charge in [0.05, 0.1) is 5.52 Å². The van der Waals surface area contributed by atoms with Gasteiger partial charge in [-0.1, -0.05) is 6.07 Å². The van der Waals surface area contributed by atoms with E-state index in [0.29, 0.717) is 17.8 Å². The number of aromatic nitrogens is 3. The van der Waals surface area contributed by atoms with Crippen molar-refractivity contribution >= 4 is 16.8 Å². The second kappa shape index (κ2) is 3.31. The Kier molecular flexibility index (Phi) is 1.94. The molecule has 2 aromatic heterocycles. The summed E-state index contributed by atoms with van der Waals surface area (Å²) in [6, 6.07) is 4.94. The first kappa shape index (κ1) is 9.35. The zero-order valence-corrected chi connectivity index (χ0v) is 8.57. The van der Waals surface area contributed by atoms with Crippen LogP contribution in [0.2, 0.25) is 0 Å². The van der Waals surface area contributed by atoms with Crippen molar-refractivity contribution in [2.24, 2.45) is 5.73 Å². The summed E-state index contributed by atoms with van der Waals surface area (Å²) in [5.41, 5.74) is 7.66. The van der Waals surface area contributed by atoms with E-state index in [9.17, 15) is 4.39 Å². The molecule has 16 heavy (non-hydrogen) atoms.